The van der Waals surface area contributed by atoms with E-state index in [9.17, 15) is 4.79 Å². The van der Waals surface area contributed by atoms with Gasteiger partial charge in [-0.2, -0.15) is 0 Å². The van der Waals surface area contributed by atoms with Gasteiger partial charge in [-0.05, 0) is 31.0 Å². The summed E-state index contributed by atoms with van der Waals surface area (Å²) in [5, 5.41) is 2.96. The Balaban J connectivity index is 1.99. The van der Waals surface area contributed by atoms with Crippen LogP contribution in [0, 0.1) is 0 Å². The first-order valence-electron chi connectivity index (χ1n) is 7.25. The first-order valence-corrected chi connectivity index (χ1v) is 9.78. The summed E-state index contributed by atoms with van der Waals surface area (Å²) in [7, 11) is -1.70. The molecule has 18 heavy (non-hydrogen) atoms. The van der Waals surface area contributed by atoms with E-state index in [4.69, 9.17) is 9.16 Å². The molecule has 0 aromatic carbocycles. The van der Waals surface area contributed by atoms with E-state index in [1.165, 1.54) is 0 Å². The van der Waals surface area contributed by atoms with Gasteiger partial charge in [0.05, 0.1) is 12.1 Å². The zero-order chi connectivity index (χ0) is 13.2. The lowest BCUT2D eigenvalue weighted by molar-refractivity contribution is -0.146. The number of carbonyl (C=O) groups excluding carboxylic acids is 1. The predicted molar refractivity (Wildman–Crippen MR) is 73.0 cm³/mol. The van der Waals surface area contributed by atoms with Crippen molar-refractivity contribution < 1.29 is 14.0 Å². The fourth-order valence-electron chi connectivity index (χ4n) is 2.96. The van der Waals surface area contributed by atoms with Gasteiger partial charge in [-0.25, -0.2) is 0 Å². The van der Waals surface area contributed by atoms with E-state index in [1.807, 2.05) is 0 Å². The number of rotatable bonds is 6. The van der Waals surface area contributed by atoms with Crippen molar-refractivity contribution in [3.63, 3.8) is 0 Å². The minimum Gasteiger partial charge on any atom is -0.403 e. The van der Waals surface area contributed by atoms with E-state index in [2.05, 4.69) is 26.1 Å². The zero-order valence-corrected chi connectivity index (χ0v) is 12.7. The molecule has 1 amide bonds. The van der Waals surface area contributed by atoms with Crippen LogP contribution >= 0.6 is 0 Å². The maximum Gasteiger partial charge on any atom is 0.250 e. The van der Waals surface area contributed by atoms with Gasteiger partial charge in [0.1, 0.15) is 6.10 Å². The number of nitrogens with one attached hydrogen (secondary N) is 1. The van der Waals surface area contributed by atoms with E-state index < -0.39 is 8.32 Å². The van der Waals surface area contributed by atoms with E-state index >= 15 is 0 Å². The molecular weight excluding hydrogens is 246 g/mol. The number of carbonyl (C=O) groups is 1. The second kappa shape index (κ2) is 5.71. The van der Waals surface area contributed by atoms with E-state index in [0.717, 1.165) is 37.6 Å². The van der Waals surface area contributed by atoms with Gasteiger partial charge in [-0.3, -0.25) is 4.79 Å². The van der Waals surface area contributed by atoms with Crippen LogP contribution in [0.15, 0.2) is 0 Å². The summed E-state index contributed by atoms with van der Waals surface area (Å²) in [6.45, 7) is 7.40. The van der Waals surface area contributed by atoms with Crippen LogP contribution in [0.25, 0.3) is 0 Å². The van der Waals surface area contributed by atoms with Crippen LogP contribution in [0.5, 0.6) is 0 Å². The first-order chi connectivity index (χ1) is 8.65. The standard InChI is InChI=1S/C13H25NO3Si/c1-4-18(5-2,6-3)17-12-11(14-13(12)15)10-8-7-9-16-10/h10-12H,4-9H2,1-3H3,(H,14,15)/t10-,11+,12-/m1/s1. The molecule has 0 radical (unpaired) electrons. The third-order valence-electron chi connectivity index (χ3n) is 4.57. The number of amides is 1. The molecule has 4 nitrogen and oxygen atoms in total. The van der Waals surface area contributed by atoms with Crippen molar-refractivity contribution in [1.29, 1.82) is 0 Å². The lowest BCUT2D eigenvalue weighted by Gasteiger charge is -2.44. The molecule has 2 aliphatic heterocycles. The van der Waals surface area contributed by atoms with Gasteiger partial charge < -0.3 is 14.5 Å². The largest absolute Gasteiger partial charge is 0.403 e. The highest BCUT2D eigenvalue weighted by Crippen LogP contribution is 2.30. The summed E-state index contributed by atoms with van der Waals surface area (Å²) in [5.74, 6) is 0.0581. The fourth-order valence-corrected chi connectivity index (χ4v) is 5.75. The molecule has 5 heteroatoms. The van der Waals surface area contributed by atoms with Crippen LogP contribution in [0.1, 0.15) is 33.6 Å². The van der Waals surface area contributed by atoms with Crippen molar-refractivity contribution in [2.75, 3.05) is 6.61 Å². The van der Waals surface area contributed by atoms with Crippen molar-refractivity contribution in [1.82, 2.24) is 5.32 Å². The molecule has 0 aliphatic carbocycles. The Labute approximate surface area is 111 Å². The Morgan fingerprint density at radius 3 is 2.44 bits per heavy atom. The maximum absolute atomic E-state index is 11.8. The van der Waals surface area contributed by atoms with Crippen molar-refractivity contribution in [2.24, 2.45) is 0 Å². The third-order valence-corrected chi connectivity index (χ3v) is 9.19. The molecule has 2 aliphatic rings. The van der Waals surface area contributed by atoms with Gasteiger partial charge in [0.2, 0.25) is 0 Å². The highest BCUT2D eigenvalue weighted by Gasteiger charge is 2.49. The van der Waals surface area contributed by atoms with Gasteiger partial charge in [-0.1, -0.05) is 20.8 Å². The Hall–Kier alpha value is -0.393. The second-order valence-corrected chi connectivity index (χ2v) is 10.1. The third kappa shape index (κ3) is 2.48. The summed E-state index contributed by atoms with van der Waals surface area (Å²) < 4.78 is 12.0. The molecule has 0 unspecified atom stereocenters. The van der Waals surface area contributed by atoms with Gasteiger partial charge in [0, 0.05) is 6.61 Å². The first kappa shape index (κ1) is 14.0. The molecule has 0 aromatic rings. The van der Waals surface area contributed by atoms with Crippen LogP contribution in [0.2, 0.25) is 18.1 Å². The molecule has 2 fully saturated rings. The van der Waals surface area contributed by atoms with Crippen LogP contribution in [-0.2, 0) is 14.0 Å². The average molecular weight is 271 g/mol. The maximum atomic E-state index is 11.8. The second-order valence-electron chi connectivity index (χ2n) is 5.37. The van der Waals surface area contributed by atoms with Crippen LogP contribution < -0.4 is 5.32 Å². The zero-order valence-electron chi connectivity index (χ0n) is 11.7. The fraction of sp³-hybridized carbons (Fsp3) is 0.923. The summed E-state index contributed by atoms with van der Waals surface area (Å²) in [6, 6.07) is 3.35. The lowest BCUT2D eigenvalue weighted by atomic mass is 9.95. The van der Waals surface area contributed by atoms with Crippen molar-refractivity contribution >= 4 is 14.2 Å². The Morgan fingerprint density at radius 1 is 1.33 bits per heavy atom. The summed E-state index contributed by atoms with van der Waals surface area (Å²) in [5.41, 5.74) is 0. The predicted octanol–water partition coefficient (Wildman–Crippen LogP) is 2.05. The minimum absolute atomic E-state index is 0.0581. The molecule has 0 spiro atoms. The van der Waals surface area contributed by atoms with Crippen LogP contribution in [-0.4, -0.2) is 39.1 Å². The van der Waals surface area contributed by atoms with Crippen molar-refractivity contribution in [3.8, 4) is 0 Å². The van der Waals surface area contributed by atoms with E-state index in [1.54, 1.807) is 0 Å². The number of β-lactam (4-membered cyclic amide) rings is 1. The van der Waals surface area contributed by atoms with Crippen molar-refractivity contribution in [2.45, 2.75) is 70.0 Å². The van der Waals surface area contributed by atoms with Gasteiger partial charge in [0.25, 0.3) is 5.91 Å². The summed E-state index contributed by atoms with van der Waals surface area (Å²) in [6.07, 6.45) is 2.07. The highest BCUT2D eigenvalue weighted by atomic mass is 28.4. The molecule has 0 saturated carbocycles. The topological polar surface area (TPSA) is 47.6 Å². The lowest BCUT2D eigenvalue weighted by Crippen LogP contribution is -2.70. The van der Waals surface area contributed by atoms with Crippen LogP contribution in [0.3, 0.4) is 0 Å². The molecule has 3 atom stereocenters. The molecular formula is C13H25NO3Si. The summed E-state index contributed by atoms with van der Waals surface area (Å²) in [4.78, 5) is 11.8. The van der Waals surface area contributed by atoms with E-state index in [0.29, 0.717) is 0 Å². The smallest absolute Gasteiger partial charge is 0.250 e. The molecule has 2 heterocycles. The Bertz CT molecular complexity index is 292. The van der Waals surface area contributed by atoms with Gasteiger partial charge in [-0.15, -0.1) is 0 Å². The minimum atomic E-state index is -1.70. The SMILES string of the molecule is CC[Si](CC)(CC)O[C@H]1C(=O)N[C@H]1[C@H]1CCCO1. The number of ether oxygens (including phenoxy) is 1. The van der Waals surface area contributed by atoms with Gasteiger partial charge in [0.15, 0.2) is 8.32 Å². The van der Waals surface area contributed by atoms with Crippen molar-refractivity contribution in [3.05, 3.63) is 0 Å². The molecule has 0 aromatic heterocycles. The molecule has 0 bridgehead atoms. The Kier molecular flexibility index (Phi) is 4.45. The monoisotopic (exact) mass is 271 g/mol. The van der Waals surface area contributed by atoms with Gasteiger partial charge >= 0.3 is 0 Å². The normalized spacial score (nSPS) is 32.2. The summed E-state index contributed by atoms with van der Waals surface area (Å²) >= 11 is 0. The average Bonchev–Trinajstić information content (AvgIpc) is 2.91. The molecule has 2 rings (SSSR count). The molecule has 104 valence electrons. The molecule has 1 N–H and O–H groups in total. The quantitative estimate of drug-likeness (QED) is 0.594. The molecule has 2 saturated heterocycles. The van der Waals surface area contributed by atoms with E-state index in [-0.39, 0.29) is 24.2 Å². The van der Waals surface area contributed by atoms with Crippen LogP contribution in [0.4, 0.5) is 0 Å². The number of hydrogen-bond donors (Lipinski definition) is 1. The highest BCUT2D eigenvalue weighted by molar-refractivity contribution is 6.73. The number of hydrogen-bond acceptors (Lipinski definition) is 3. The Morgan fingerprint density at radius 2 is 2.00 bits per heavy atom.